The van der Waals surface area contributed by atoms with Gasteiger partial charge in [0.05, 0.1) is 12.1 Å². The number of carbonyl (C=O) groups is 1. The van der Waals surface area contributed by atoms with E-state index >= 15 is 0 Å². The summed E-state index contributed by atoms with van der Waals surface area (Å²) < 4.78 is 0. The van der Waals surface area contributed by atoms with Gasteiger partial charge in [0, 0.05) is 28.5 Å². The number of pyridine rings is 1. The van der Waals surface area contributed by atoms with E-state index in [4.69, 9.17) is 0 Å². The third-order valence-corrected chi connectivity index (χ3v) is 5.00. The molecule has 3 rings (SSSR count). The standard InChI is InChI=1S/C19H19N3OS/c1-12-4-5-16(13(2)10-12)22-18(23)11-17-14(3)21-19(24-17)15-6-8-20-9-7-15/h4-10H,11H2,1-3H3,(H,22,23). The summed E-state index contributed by atoms with van der Waals surface area (Å²) in [5.74, 6) is -0.0185. The SMILES string of the molecule is Cc1ccc(NC(=O)Cc2sc(-c3ccncc3)nc2C)c(C)c1. The van der Waals surface area contributed by atoms with Crippen LogP contribution in [0.3, 0.4) is 0 Å². The highest BCUT2D eigenvalue weighted by Crippen LogP contribution is 2.28. The van der Waals surface area contributed by atoms with E-state index in [0.717, 1.165) is 32.4 Å². The minimum Gasteiger partial charge on any atom is -0.326 e. The monoisotopic (exact) mass is 337 g/mol. The Hall–Kier alpha value is -2.53. The Kier molecular flexibility index (Phi) is 4.71. The number of nitrogens with one attached hydrogen (secondary N) is 1. The van der Waals surface area contributed by atoms with Gasteiger partial charge >= 0.3 is 0 Å². The molecule has 0 unspecified atom stereocenters. The number of anilines is 1. The van der Waals surface area contributed by atoms with Crippen LogP contribution in [-0.4, -0.2) is 15.9 Å². The molecule has 0 spiro atoms. The smallest absolute Gasteiger partial charge is 0.229 e. The maximum absolute atomic E-state index is 12.4. The van der Waals surface area contributed by atoms with Crippen LogP contribution in [0.25, 0.3) is 10.6 Å². The second-order valence-corrected chi connectivity index (χ2v) is 6.89. The number of thiazole rings is 1. The molecule has 1 amide bonds. The number of aryl methyl sites for hydroxylation is 3. The van der Waals surface area contributed by atoms with Crippen LogP contribution < -0.4 is 5.32 Å². The Labute approximate surface area is 145 Å². The van der Waals surface area contributed by atoms with Gasteiger partial charge in [-0.1, -0.05) is 17.7 Å². The maximum Gasteiger partial charge on any atom is 0.229 e. The average molecular weight is 337 g/mol. The Bertz CT molecular complexity index is 872. The summed E-state index contributed by atoms with van der Waals surface area (Å²) >= 11 is 1.56. The van der Waals surface area contributed by atoms with Gasteiger partial charge in [0.1, 0.15) is 5.01 Å². The molecule has 2 aromatic heterocycles. The van der Waals surface area contributed by atoms with E-state index in [-0.39, 0.29) is 5.91 Å². The van der Waals surface area contributed by atoms with Crippen molar-refractivity contribution in [3.05, 3.63) is 64.4 Å². The molecule has 24 heavy (non-hydrogen) atoms. The van der Waals surface area contributed by atoms with E-state index in [1.165, 1.54) is 5.56 Å². The number of aromatic nitrogens is 2. The lowest BCUT2D eigenvalue weighted by atomic mass is 10.1. The van der Waals surface area contributed by atoms with Crippen LogP contribution >= 0.6 is 11.3 Å². The van der Waals surface area contributed by atoms with Crippen LogP contribution in [0.5, 0.6) is 0 Å². The second kappa shape index (κ2) is 6.93. The normalized spacial score (nSPS) is 10.6. The van der Waals surface area contributed by atoms with E-state index in [1.54, 1.807) is 23.7 Å². The zero-order valence-corrected chi connectivity index (χ0v) is 14.8. The van der Waals surface area contributed by atoms with Gasteiger partial charge in [0.15, 0.2) is 0 Å². The largest absolute Gasteiger partial charge is 0.326 e. The predicted molar refractivity (Wildman–Crippen MR) is 98.3 cm³/mol. The summed E-state index contributed by atoms with van der Waals surface area (Å²) in [5, 5.41) is 3.91. The fraction of sp³-hybridized carbons (Fsp3) is 0.211. The molecule has 3 aromatic rings. The first-order valence-electron chi connectivity index (χ1n) is 7.77. The van der Waals surface area contributed by atoms with Gasteiger partial charge in [-0.25, -0.2) is 4.98 Å². The van der Waals surface area contributed by atoms with Crippen molar-refractivity contribution in [1.82, 2.24) is 9.97 Å². The van der Waals surface area contributed by atoms with Crippen molar-refractivity contribution in [3.8, 4) is 10.6 Å². The van der Waals surface area contributed by atoms with Crippen molar-refractivity contribution in [3.63, 3.8) is 0 Å². The van der Waals surface area contributed by atoms with Crippen LogP contribution in [0.2, 0.25) is 0 Å². The fourth-order valence-electron chi connectivity index (χ4n) is 2.50. The number of carbonyl (C=O) groups excluding carboxylic acids is 1. The minimum absolute atomic E-state index is 0.0185. The molecule has 1 aromatic carbocycles. The van der Waals surface area contributed by atoms with Gasteiger partial charge < -0.3 is 5.32 Å². The van der Waals surface area contributed by atoms with Crippen molar-refractivity contribution in [2.45, 2.75) is 27.2 Å². The van der Waals surface area contributed by atoms with Crippen LogP contribution in [-0.2, 0) is 11.2 Å². The number of rotatable bonds is 4. The molecule has 0 aliphatic carbocycles. The molecule has 4 nitrogen and oxygen atoms in total. The molecule has 0 aliphatic heterocycles. The van der Waals surface area contributed by atoms with Crippen molar-refractivity contribution < 1.29 is 4.79 Å². The zero-order chi connectivity index (χ0) is 17.1. The lowest BCUT2D eigenvalue weighted by Gasteiger charge is -2.08. The number of nitrogens with zero attached hydrogens (tertiary/aromatic N) is 2. The molecule has 2 heterocycles. The van der Waals surface area contributed by atoms with Crippen LogP contribution in [0.4, 0.5) is 5.69 Å². The van der Waals surface area contributed by atoms with Crippen LogP contribution in [0, 0.1) is 20.8 Å². The Morgan fingerprint density at radius 1 is 1.12 bits per heavy atom. The Morgan fingerprint density at radius 3 is 2.58 bits per heavy atom. The van der Waals surface area contributed by atoms with Gasteiger partial charge in [-0.2, -0.15) is 0 Å². The third-order valence-electron chi connectivity index (χ3n) is 3.80. The van der Waals surface area contributed by atoms with Gasteiger partial charge in [-0.15, -0.1) is 11.3 Å². The summed E-state index contributed by atoms with van der Waals surface area (Å²) in [4.78, 5) is 22.0. The van der Waals surface area contributed by atoms with Crippen molar-refractivity contribution >= 4 is 22.9 Å². The van der Waals surface area contributed by atoms with Crippen LogP contribution in [0.1, 0.15) is 21.7 Å². The number of benzene rings is 1. The van der Waals surface area contributed by atoms with E-state index in [1.807, 2.05) is 45.0 Å². The Morgan fingerprint density at radius 2 is 1.88 bits per heavy atom. The number of hydrogen-bond donors (Lipinski definition) is 1. The second-order valence-electron chi connectivity index (χ2n) is 5.81. The maximum atomic E-state index is 12.4. The predicted octanol–water partition coefficient (Wildman–Crippen LogP) is 4.31. The highest BCUT2D eigenvalue weighted by atomic mass is 32.1. The summed E-state index contributed by atoms with van der Waals surface area (Å²) in [6.45, 7) is 5.99. The summed E-state index contributed by atoms with van der Waals surface area (Å²) in [7, 11) is 0. The number of hydrogen-bond acceptors (Lipinski definition) is 4. The molecule has 0 saturated heterocycles. The van der Waals surface area contributed by atoms with Crippen molar-refractivity contribution in [1.29, 1.82) is 0 Å². The van der Waals surface area contributed by atoms with Gasteiger partial charge in [-0.3, -0.25) is 9.78 Å². The first kappa shape index (κ1) is 16.3. The van der Waals surface area contributed by atoms with Gasteiger partial charge in [0.25, 0.3) is 0 Å². The highest BCUT2D eigenvalue weighted by Gasteiger charge is 2.13. The molecule has 5 heteroatoms. The lowest BCUT2D eigenvalue weighted by Crippen LogP contribution is -2.15. The molecular formula is C19H19N3OS. The molecule has 0 radical (unpaired) electrons. The van der Waals surface area contributed by atoms with Crippen molar-refractivity contribution in [2.24, 2.45) is 0 Å². The lowest BCUT2D eigenvalue weighted by molar-refractivity contribution is -0.115. The molecule has 0 aliphatic rings. The molecule has 0 saturated carbocycles. The first-order chi connectivity index (χ1) is 11.5. The topological polar surface area (TPSA) is 54.9 Å². The quantitative estimate of drug-likeness (QED) is 0.772. The van der Waals surface area contributed by atoms with Crippen LogP contribution in [0.15, 0.2) is 42.7 Å². The molecule has 0 fully saturated rings. The van der Waals surface area contributed by atoms with Gasteiger partial charge in [-0.05, 0) is 44.5 Å². The van der Waals surface area contributed by atoms with Crippen molar-refractivity contribution in [2.75, 3.05) is 5.32 Å². The highest BCUT2D eigenvalue weighted by molar-refractivity contribution is 7.15. The minimum atomic E-state index is -0.0185. The summed E-state index contributed by atoms with van der Waals surface area (Å²) in [5.41, 5.74) is 5.05. The third kappa shape index (κ3) is 3.68. The fourth-order valence-corrected chi connectivity index (χ4v) is 3.57. The molecule has 122 valence electrons. The van der Waals surface area contributed by atoms with E-state index in [2.05, 4.69) is 21.4 Å². The average Bonchev–Trinajstić information content (AvgIpc) is 2.92. The van der Waals surface area contributed by atoms with E-state index in [0.29, 0.717) is 6.42 Å². The molecular weight excluding hydrogens is 318 g/mol. The summed E-state index contributed by atoms with van der Waals surface area (Å²) in [6, 6.07) is 9.87. The van der Waals surface area contributed by atoms with E-state index in [9.17, 15) is 4.79 Å². The molecule has 0 bridgehead atoms. The molecule has 1 N–H and O–H groups in total. The first-order valence-corrected chi connectivity index (χ1v) is 8.58. The van der Waals surface area contributed by atoms with Gasteiger partial charge in [0.2, 0.25) is 5.91 Å². The van der Waals surface area contributed by atoms with E-state index < -0.39 is 0 Å². The Balaban J connectivity index is 1.74. The summed E-state index contributed by atoms with van der Waals surface area (Å²) in [6.07, 6.45) is 3.83. The zero-order valence-electron chi connectivity index (χ0n) is 14.0. The number of amides is 1. The molecule has 0 atom stereocenters.